The third kappa shape index (κ3) is 6.15. The van der Waals surface area contributed by atoms with E-state index in [0.717, 1.165) is 41.2 Å². The number of fused-ring (bicyclic) bond motifs is 1. The highest BCUT2D eigenvalue weighted by atomic mass is 32.2. The maximum Gasteiger partial charge on any atom is 0.303 e. The van der Waals surface area contributed by atoms with Crippen molar-refractivity contribution in [2.75, 3.05) is 13.1 Å². The average Bonchev–Trinajstić information content (AvgIpc) is 2.77. The first-order chi connectivity index (χ1) is 14.9. The van der Waals surface area contributed by atoms with Crippen LogP contribution < -0.4 is 0 Å². The molecule has 3 aromatic carbocycles. The normalized spacial score (nSPS) is 11.8. The Balaban J connectivity index is 1.65. The predicted octanol–water partition coefficient (Wildman–Crippen LogP) is 4.89. The second-order valence-electron chi connectivity index (χ2n) is 7.73. The largest absolute Gasteiger partial charge is 0.481 e. The molecule has 0 atom stereocenters. The van der Waals surface area contributed by atoms with E-state index in [9.17, 15) is 13.2 Å². The number of carboxylic acid groups (broad SMARTS) is 1. The van der Waals surface area contributed by atoms with Crippen LogP contribution in [-0.4, -0.2) is 36.9 Å². The molecule has 0 amide bonds. The molecule has 0 radical (unpaired) electrons. The van der Waals surface area contributed by atoms with Crippen LogP contribution in [0.2, 0.25) is 0 Å². The SMILES string of the molecule is CCCN(CCCc1ccc(CCC(=O)O)cc1)S(=O)(=O)c1ccc2ccccc2c1. The standard InChI is InChI=1S/C25H29NO4S/c1-2-17-26(18-5-6-20-9-11-21(12-10-20)13-16-25(27)28)31(29,30)24-15-14-22-7-3-4-8-23(22)19-24/h3-4,7-12,14-15,19H,2,5-6,13,16-18H2,1H3,(H,27,28). The molecule has 0 aliphatic rings. The van der Waals surface area contributed by atoms with Gasteiger partial charge in [0.15, 0.2) is 0 Å². The summed E-state index contributed by atoms with van der Waals surface area (Å²) in [4.78, 5) is 11.0. The fraction of sp³-hybridized carbons (Fsp3) is 0.320. The fourth-order valence-electron chi connectivity index (χ4n) is 3.66. The van der Waals surface area contributed by atoms with Gasteiger partial charge >= 0.3 is 5.97 Å². The number of carbonyl (C=O) groups is 1. The Labute approximate surface area is 184 Å². The molecular weight excluding hydrogens is 410 g/mol. The molecule has 0 saturated carbocycles. The van der Waals surface area contributed by atoms with Crippen LogP contribution in [0.5, 0.6) is 0 Å². The van der Waals surface area contributed by atoms with Crippen molar-refractivity contribution in [2.45, 2.75) is 43.9 Å². The number of sulfonamides is 1. The third-order valence-corrected chi connectivity index (χ3v) is 7.25. The van der Waals surface area contributed by atoms with Gasteiger partial charge in [-0.1, -0.05) is 61.5 Å². The number of hydrogen-bond donors (Lipinski definition) is 1. The van der Waals surface area contributed by atoms with E-state index in [4.69, 9.17) is 5.11 Å². The molecular formula is C25H29NO4S. The Morgan fingerprint density at radius 2 is 1.52 bits per heavy atom. The third-order valence-electron chi connectivity index (χ3n) is 5.36. The minimum atomic E-state index is -3.55. The van der Waals surface area contributed by atoms with Crippen LogP contribution in [0.3, 0.4) is 0 Å². The summed E-state index contributed by atoms with van der Waals surface area (Å²) in [6.45, 7) is 2.94. The number of aliphatic carboxylic acids is 1. The van der Waals surface area contributed by atoms with Crippen LogP contribution in [0.1, 0.15) is 37.3 Å². The van der Waals surface area contributed by atoms with Crippen LogP contribution in [0, 0.1) is 0 Å². The van der Waals surface area contributed by atoms with Crippen LogP contribution in [-0.2, 0) is 27.7 Å². The molecule has 31 heavy (non-hydrogen) atoms. The number of rotatable bonds is 11. The molecule has 3 aromatic rings. The highest BCUT2D eigenvalue weighted by Gasteiger charge is 2.23. The monoisotopic (exact) mass is 439 g/mol. The van der Waals surface area contributed by atoms with E-state index in [2.05, 4.69) is 0 Å². The average molecular weight is 440 g/mol. The van der Waals surface area contributed by atoms with Gasteiger partial charge in [-0.25, -0.2) is 8.42 Å². The molecule has 164 valence electrons. The molecule has 0 saturated heterocycles. The summed E-state index contributed by atoms with van der Waals surface area (Å²) in [7, 11) is -3.55. The first kappa shape index (κ1) is 23.0. The molecule has 0 unspecified atom stereocenters. The Kier molecular flexibility index (Phi) is 7.82. The summed E-state index contributed by atoms with van der Waals surface area (Å²) < 4.78 is 28.1. The zero-order valence-corrected chi connectivity index (χ0v) is 18.6. The molecule has 5 nitrogen and oxygen atoms in total. The minimum absolute atomic E-state index is 0.123. The summed E-state index contributed by atoms with van der Waals surface area (Å²) in [5.74, 6) is -0.798. The highest BCUT2D eigenvalue weighted by Crippen LogP contribution is 2.22. The molecule has 0 aliphatic carbocycles. The van der Waals surface area contributed by atoms with Crippen LogP contribution in [0.25, 0.3) is 10.8 Å². The van der Waals surface area contributed by atoms with Crippen molar-refractivity contribution in [3.05, 3.63) is 77.9 Å². The van der Waals surface area contributed by atoms with E-state index in [0.29, 0.717) is 24.4 Å². The topological polar surface area (TPSA) is 74.7 Å². The van der Waals surface area contributed by atoms with Gasteiger partial charge < -0.3 is 5.11 Å². The van der Waals surface area contributed by atoms with Crippen LogP contribution in [0.15, 0.2) is 71.6 Å². The van der Waals surface area contributed by atoms with Crippen molar-refractivity contribution in [2.24, 2.45) is 0 Å². The van der Waals surface area contributed by atoms with Crippen molar-refractivity contribution in [1.29, 1.82) is 0 Å². The second kappa shape index (κ2) is 10.6. The van der Waals surface area contributed by atoms with Gasteiger partial charge in [-0.2, -0.15) is 4.31 Å². The molecule has 0 fully saturated rings. The number of benzene rings is 3. The maximum absolute atomic E-state index is 13.3. The van der Waals surface area contributed by atoms with Gasteiger partial charge in [-0.05, 0) is 59.7 Å². The summed E-state index contributed by atoms with van der Waals surface area (Å²) >= 11 is 0. The van der Waals surface area contributed by atoms with Gasteiger partial charge in [0, 0.05) is 19.5 Å². The molecule has 0 aromatic heterocycles. The number of aryl methyl sites for hydroxylation is 2. The minimum Gasteiger partial charge on any atom is -0.481 e. The van der Waals surface area contributed by atoms with Gasteiger partial charge in [0.1, 0.15) is 0 Å². The number of hydrogen-bond acceptors (Lipinski definition) is 3. The fourth-order valence-corrected chi connectivity index (χ4v) is 5.27. The lowest BCUT2D eigenvalue weighted by molar-refractivity contribution is -0.136. The molecule has 0 bridgehead atoms. The molecule has 6 heteroatoms. The smallest absolute Gasteiger partial charge is 0.303 e. The Bertz CT molecular complexity index is 1120. The van der Waals surface area contributed by atoms with Crippen molar-refractivity contribution < 1.29 is 18.3 Å². The summed E-state index contributed by atoms with van der Waals surface area (Å²) in [5, 5.41) is 10.7. The Morgan fingerprint density at radius 3 is 2.16 bits per heavy atom. The number of nitrogens with zero attached hydrogens (tertiary/aromatic N) is 1. The predicted molar refractivity (Wildman–Crippen MR) is 124 cm³/mol. The molecule has 0 spiro atoms. The van der Waals surface area contributed by atoms with Gasteiger partial charge in [0.2, 0.25) is 10.0 Å². The first-order valence-corrected chi connectivity index (χ1v) is 12.1. The quantitative estimate of drug-likeness (QED) is 0.462. The lowest BCUT2D eigenvalue weighted by Gasteiger charge is -2.22. The lowest BCUT2D eigenvalue weighted by Crippen LogP contribution is -2.33. The molecule has 0 heterocycles. The summed E-state index contributed by atoms with van der Waals surface area (Å²) in [6, 6.07) is 21.0. The van der Waals surface area contributed by atoms with Crippen molar-refractivity contribution >= 4 is 26.8 Å². The van der Waals surface area contributed by atoms with E-state index in [-0.39, 0.29) is 6.42 Å². The second-order valence-corrected chi connectivity index (χ2v) is 9.66. The zero-order valence-electron chi connectivity index (χ0n) is 17.8. The molecule has 0 aliphatic heterocycles. The van der Waals surface area contributed by atoms with Gasteiger partial charge in [-0.3, -0.25) is 4.79 Å². The summed E-state index contributed by atoms with van der Waals surface area (Å²) in [5.41, 5.74) is 2.12. The van der Waals surface area contributed by atoms with Crippen LogP contribution in [0.4, 0.5) is 0 Å². The lowest BCUT2D eigenvalue weighted by atomic mass is 10.0. The Hall–Kier alpha value is -2.70. The van der Waals surface area contributed by atoms with E-state index in [1.165, 1.54) is 0 Å². The van der Waals surface area contributed by atoms with Crippen LogP contribution >= 0.6 is 0 Å². The van der Waals surface area contributed by atoms with Gasteiger partial charge in [0.25, 0.3) is 0 Å². The maximum atomic E-state index is 13.3. The molecule has 3 rings (SSSR count). The van der Waals surface area contributed by atoms with Gasteiger partial charge in [0.05, 0.1) is 4.90 Å². The van der Waals surface area contributed by atoms with Crippen molar-refractivity contribution in [1.82, 2.24) is 4.31 Å². The van der Waals surface area contributed by atoms with E-state index in [1.54, 1.807) is 16.4 Å². The zero-order chi connectivity index (χ0) is 22.3. The Morgan fingerprint density at radius 1 is 0.871 bits per heavy atom. The van der Waals surface area contributed by atoms with E-state index < -0.39 is 16.0 Å². The highest BCUT2D eigenvalue weighted by molar-refractivity contribution is 7.89. The first-order valence-electron chi connectivity index (χ1n) is 10.7. The van der Waals surface area contributed by atoms with Crippen molar-refractivity contribution in [3.63, 3.8) is 0 Å². The molecule has 1 N–H and O–H groups in total. The van der Waals surface area contributed by atoms with Gasteiger partial charge in [-0.15, -0.1) is 0 Å². The van der Waals surface area contributed by atoms with Crippen molar-refractivity contribution in [3.8, 4) is 0 Å². The summed E-state index contributed by atoms with van der Waals surface area (Å²) in [6.07, 6.45) is 2.89. The number of carboxylic acids is 1. The van der Waals surface area contributed by atoms with E-state index in [1.807, 2.05) is 61.5 Å². The van der Waals surface area contributed by atoms with E-state index >= 15 is 0 Å².